The van der Waals surface area contributed by atoms with E-state index in [0.717, 1.165) is 11.4 Å². The van der Waals surface area contributed by atoms with Crippen molar-refractivity contribution in [2.24, 2.45) is 0 Å². The third-order valence-corrected chi connectivity index (χ3v) is 8.07. The Morgan fingerprint density at radius 3 is 2.15 bits per heavy atom. The molecule has 9 heteroatoms. The minimum absolute atomic E-state index is 0.174. The number of ether oxygens (including phenoxy) is 1. The lowest BCUT2D eigenvalue weighted by atomic mass is 10.2. The lowest BCUT2D eigenvalue weighted by molar-refractivity contribution is -0.118. The summed E-state index contributed by atoms with van der Waals surface area (Å²) in [5, 5.41) is 7.79. The molecule has 1 amide bonds. The molecular weight excluding hydrogens is 470 g/mol. The smallest absolute Gasteiger partial charge is 0.273 e. The molecular formula is C25H23N3O4S2. The van der Waals surface area contributed by atoms with Crippen LogP contribution in [-0.4, -0.2) is 28.0 Å². The van der Waals surface area contributed by atoms with E-state index >= 15 is 0 Å². The number of rotatable bonds is 9. The summed E-state index contributed by atoms with van der Waals surface area (Å²) in [4.78, 5) is 12.3. The van der Waals surface area contributed by atoms with Crippen molar-refractivity contribution in [1.82, 2.24) is 0 Å². The molecule has 0 radical (unpaired) electrons. The summed E-state index contributed by atoms with van der Waals surface area (Å²) in [6, 6.07) is 27.0. The maximum atomic E-state index is 12.6. The van der Waals surface area contributed by atoms with E-state index in [0.29, 0.717) is 17.1 Å². The largest absolute Gasteiger partial charge is 0.484 e. The predicted octanol–water partition coefficient (Wildman–Crippen LogP) is 5.33. The van der Waals surface area contributed by atoms with Crippen LogP contribution in [0, 0.1) is 0 Å². The van der Waals surface area contributed by atoms with Crippen LogP contribution >= 0.6 is 11.3 Å². The van der Waals surface area contributed by atoms with E-state index in [2.05, 4.69) is 10.6 Å². The summed E-state index contributed by atoms with van der Waals surface area (Å²) in [5.74, 6) is 0.161. The summed E-state index contributed by atoms with van der Waals surface area (Å²) in [7, 11) is -2.10. The number of hydrogen-bond acceptors (Lipinski definition) is 6. The molecule has 4 rings (SSSR count). The number of thiophene rings is 1. The molecule has 0 saturated heterocycles. The van der Waals surface area contributed by atoms with Gasteiger partial charge in [-0.25, -0.2) is 8.42 Å². The lowest BCUT2D eigenvalue weighted by Gasteiger charge is -2.18. The molecule has 0 fully saturated rings. The van der Waals surface area contributed by atoms with Gasteiger partial charge in [-0.2, -0.15) is 0 Å². The minimum Gasteiger partial charge on any atom is -0.484 e. The average Bonchev–Trinajstić information content (AvgIpc) is 3.41. The van der Waals surface area contributed by atoms with Gasteiger partial charge < -0.3 is 15.4 Å². The molecule has 0 atom stereocenters. The van der Waals surface area contributed by atoms with Crippen molar-refractivity contribution in [2.45, 2.75) is 4.21 Å². The Labute approximate surface area is 202 Å². The van der Waals surface area contributed by atoms with Gasteiger partial charge in [-0.05, 0) is 72.1 Å². The van der Waals surface area contributed by atoms with Crippen molar-refractivity contribution in [3.05, 3.63) is 96.4 Å². The van der Waals surface area contributed by atoms with Crippen LogP contribution in [0.1, 0.15) is 0 Å². The maximum absolute atomic E-state index is 12.6. The van der Waals surface area contributed by atoms with Gasteiger partial charge in [0.2, 0.25) is 0 Å². The van der Waals surface area contributed by atoms with E-state index in [1.165, 1.54) is 22.7 Å². The van der Waals surface area contributed by atoms with Gasteiger partial charge in [-0.15, -0.1) is 11.3 Å². The first-order valence-electron chi connectivity index (χ1n) is 10.4. The first-order valence-corrected chi connectivity index (χ1v) is 12.7. The fourth-order valence-electron chi connectivity index (χ4n) is 3.11. The fourth-order valence-corrected chi connectivity index (χ4v) is 5.46. The first kappa shape index (κ1) is 23.3. The third-order valence-electron chi connectivity index (χ3n) is 4.91. The number of para-hydroxylation sites is 1. The molecule has 0 aliphatic heterocycles. The van der Waals surface area contributed by atoms with E-state index in [1.54, 1.807) is 41.8 Å². The summed E-state index contributed by atoms with van der Waals surface area (Å²) in [6.07, 6.45) is 0. The van der Waals surface area contributed by atoms with Crippen molar-refractivity contribution in [3.8, 4) is 5.75 Å². The van der Waals surface area contributed by atoms with E-state index in [-0.39, 0.29) is 16.7 Å². The first-order chi connectivity index (χ1) is 16.4. The number of anilines is 4. The highest BCUT2D eigenvalue weighted by Crippen LogP contribution is 2.26. The van der Waals surface area contributed by atoms with Crippen molar-refractivity contribution in [2.75, 3.05) is 28.6 Å². The van der Waals surface area contributed by atoms with Crippen molar-refractivity contribution >= 4 is 50.0 Å². The van der Waals surface area contributed by atoms with E-state index in [4.69, 9.17) is 4.74 Å². The zero-order valence-corrected chi connectivity index (χ0v) is 20.0. The van der Waals surface area contributed by atoms with Crippen LogP contribution in [0.5, 0.6) is 5.75 Å². The maximum Gasteiger partial charge on any atom is 0.273 e. The monoisotopic (exact) mass is 493 g/mol. The van der Waals surface area contributed by atoms with Gasteiger partial charge in [0, 0.05) is 24.1 Å². The van der Waals surface area contributed by atoms with Crippen LogP contribution in [-0.2, 0) is 14.8 Å². The van der Waals surface area contributed by atoms with E-state index in [9.17, 15) is 13.2 Å². The second-order valence-corrected chi connectivity index (χ2v) is 10.4. The number of carbonyl (C=O) groups is 1. The normalized spacial score (nSPS) is 11.0. The second kappa shape index (κ2) is 10.4. The summed E-state index contributed by atoms with van der Waals surface area (Å²) in [6.45, 7) is -0.174. The van der Waals surface area contributed by atoms with E-state index in [1.807, 2.05) is 54.6 Å². The third kappa shape index (κ3) is 5.75. The zero-order valence-electron chi connectivity index (χ0n) is 18.3. The summed E-state index contributed by atoms with van der Waals surface area (Å²) >= 11 is 1.17. The molecule has 0 unspecified atom stereocenters. The zero-order chi connectivity index (χ0) is 24.0. The molecule has 1 aromatic heterocycles. The average molecular weight is 494 g/mol. The van der Waals surface area contributed by atoms with E-state index < -0.39 is 10.0 Å². The second-order valence-electron chi connectivity index (χ2n) is 7.30. The number of nitrogens with zero attached hydrogens (tertiary/aromatic N) is 1. The molecule has 0 aliphatic rings. The number of carbonyl (C=O) groups excluding carboxylic acids is 1. The molecule has 0 bridgehead atoms. The predicted molar refractivity (Wildman–Crippen MR) is 137 cm³/mol. The Hall–Kier alpha value is -3.82. The molecule has 2 N–H and O–H groups in total. The Morgan fingerprint density at radius 1 is 0.853 bits per heavy atom. The van der Waals surface area contributed by atoms with Gasteiger partial charge in [-0.3, -0.25) is 9.10 Å². The summed E-state index contributed by atoms with van der Waals surface area (Å²) in [5.41, 5.74) is 3.04. The van der Waals surface area contributed by atoms with Crippen molar-refractivity contribution < 1.29 is 17.9 Å². The van der Waals surface area contributed by atoms with Gasteiger partial charge in [-0.1, -0.05) is 24.3 Å². The van der Waals surface area contributed by atoms with Crippen LogP contribution < -0.4 is 19.7 Å². The van der Waals surface area contributed by atoms with Gasteiger partial charge in [0.25, 0.3) is 15.9 Å². The summed E-state index contributed by atoms with van der Waals surface area (Å²) < 4.78 is 32.3. The molecule has 0 spiro atoms. The molecule has 174 valence electrons. The van der Waals surface area contributed by atoms with Crippen molar-refractivity contribution in [3.63, 3.8) is 0 Å². The van der Waals surface area contributed by atoms with Gasteiger partial charge in [0.05, 0.1) is 5.69 Å². The lowest BCUT2D eigenvalue weighted by Crippen LogP contribution is -2.25. The van der Waals surface area contributed by atoms with Crippen LogP contribution in [0.25, 0.3) is 0 Å². The highest BCUT2D eigenvalue weighted by molar-refractivity contribution is 7.94. The van der Waals surface area contributed by atoms with Crippen LogP contribution in [0.4, 0.5) is 22.7 Å². The Morgan fingerprint density at radius 2 is 1.50 bits per heavy atom. The molecule has 3 aromatic carbocycles. The highest BCUT2D eigenvalue weighted by atomic mass is 32.2. The van der Waals surface area contributed by atoms with Crippen LogP contribution in [0.2, 0.25) is 0 Å². The Bertz CT molecular complexity index is 1320. The molecule has 4 aromatic rings. The number of hydrogen-bond donors (Lipinski definition) is 2. The number of nitrogens with one attached hydrogen (secondary N) is 2. The topological polar surface area (TPSA) is 87.7 Å². The van der Waals surface area contributed by atoms with Gasteiger partial charge in [0.15, 0.2) is 6.61 Å². The van der Waals surface area contributed by atoms with Crippen molar-refractivity contribution in [1.29, 1.82) is 0 Å². The molecule has 7 nitrogen and oxygen atoms in total. The molecule has 34 heavy (non-hydrogen) atoms. The van der Waals surface area contributed by atoms with Gasteiger partial charge >= 0.3 is 0 Å². The van der Waals surface area contributed by atoms with Crippen LogP contribution in [0.3, 0.4) is 0 Å². The Balaban J connectivity index is 1.28. The Kier molecular flexibility index (Phi) is 7.15. The van der Waals surface area contributed by atoms with Crippen LogP contribution in [0.15, 0.2) is 101 Å². The fraction of sp³-hybridized carbons (Fsp3) is 0.0800. The molecule has 0 saturated carbocycles. The molecule has 1 heterocycles. The number of benzene rings is 3. The SMILES string of the molecule is CN(c1ccc(OCC(=O)Nc2ccc(Nc3ccccc3)cc2)cc1)S(=O)(=O)c1cccs1. The van der Waals surface area contributed by atoms with Gasteiger partial charge in [0.1, 0.15) is 9.96 Å². The quantitative estimate of drug-likeness (QED) is 0.329. The number of sulfonamides is 1. The standard InChI is InChI=1S/C25H23N3O4S2/c1-28(34(30,31)25-8-5-17-33-25)22-13-15-23(16-14-22)32-18-24(29)27-21-11-9-20(10-12-21)26-19-6-3-2-4-7-19/h2-17,26H,18H2,1H3,(H,27,29). The minimum atomic E-state index is -3.60. The highest BCUT2D eigenvalue weighted by Gasteiger charge is 2.22. The number of amides is 1. The molecule has 0 aliphatic carbocycles.